The monoisotopic (exact) mass is 259 g/mol. The highest BCUT2D eigenvalue weighted by atomic mass is 16.5. The van der Waals surface area contributed by atoms with Crippen molar-refractivity contribution in [3.05, 3.63) is 35.9 Å². The lowest BCUT2D eigenvalue weighted by Gasteiger charge is -2.44. The van der Waals surface area contributed by atoms with E-state index in [9.17, 15) is 4.79 Å². The van der Waals surface area contributed by atoms with E-state index in [4.69, 9.17) is 4.74 Å². The highest BCUT2D eigenvalue weighted by Crippen LogP contribution is 2.37. The lowest BCUT2D eigenvalue weighted by Crippen LogP contribution is -2.60. The van der Waals surface area contributed by atoms with Crippen LogP contribution in [0.5, 0.6) is 0 Å². The molecule has 3 heteroatoms. The number of rotatable bonds is 1. The van der Waals surface area contributed by atoms with Crippen molar-refractivity contribution in [1.82, 2.24) is 5.32 Å². The molecule has 3 nitrogen and oxygen atoms in total. The summed E-state index contributed by atoms with van der Waals surface area (Å²) in [6.45, 7) is 2.70. The molecule has 0 aromatic heterocycles. The molecule has 1 spiro atoms. The molecular weight excluding hydrogens is 238 g/mol. The molecule has 0 radical (unpaired) electrons. The number of cyclic esters (lactones) is 1. The van der Waals surface area contributed by atoms with E-state index in [-0.39, 0.29) is 12.0 Å². The molecule has 2 aliphatic rings. The topological polar surface area (TPSA) is 38.3 Å². The zero-order valence-corrected chi connectivity index (χ0v) is 11.4. The fraction of sp³-hybridized carbons (Fsp3) is 0.562. The van der Waals surface area contributed by atoms with Crippen LogP contribution in [-0.4, -0.2) is 18.1 Å². The molecule has 2 fully saturated rings. The molecule has 1 N–H and O–H groups in total. The second-order valence-electron chi connectivity index (χ2n) is 5.97. The molecule has 1 saturated heterocycles. The van der Waals surface area contributed by atoms with E-state index in [1.165, 1.54) is 5.56 Å². The Kier molecular flexibility index (Phi) is 3.31. The van der Waals surface area contributed by atoms with Gasteiger partial charge in [-0.05, 0) is 37.2 Å². The van der Waals surface area contributed by atoms with Crippen molar-refractivity contribution < 1.29 is 9.53 Å². The van der Waals surface area contributed by atoms with Crippen molar-refractivity contribution in [2.45, 2.75) is 44.2 Å². The van der Waals surface area contributed by atoms with Crippen LogP contribution < -0.4 is 5.32 Å². The smallest absolute Gasteiger partial charge is 0.326 e. The minimum Gasteiger partial charge on any atom is -0.462 e. The molecular formula is C16H21NO2. The Balaban J connectivity index is 1.79. The molecule has 3 rings (SSSR count). The highest BCUT2D eigenvalue weighted by Gasteiger charge is 2.46. The summed E-state index contributed by atoms with van der Waals surface area (Å²) in [7, 11) is 0. The van der Waals surface area contributed by atoms with Crippen LogP contribution in [0.15, 0.2) is 30.3 Å². The molecule has 1 aliphatic carbocycles. The molecule has 0 unspecified atom stereocenters. The summed E-state index contributed by atoms with van der Waals surface area (Å²) in [5.41, 5.74) is 0.763. The third-order valence-electron chi connectivity index (χ3n) is 4.55. The maximum atomic E-state index is 12.2. The van der Waals surface area contributed by atoms with E-state index < -0.39 is 5.54 Å². The summed E-state index contributed by atoms with van der Waals surface area (Å²) in [6, 6.07) is 10.4. The lowest BCUT2D eigenvalue weighted by molar-refractivity contribution is -0.161. The van der Waals surface area contributed by atoms with Crippen LogP contribution in [0.4, 0.5) is 0 Å². The van der Waals surface area contributed by atoms with Crippen molar-refractivity contribution in [1.29, 1.82) is 0 Å². The van der Waals surface area contributed by atoms with Gasteiger partial charge >= 0.3 is 5.97 Å². The minimum atomic E-state index is -0.439. The Hall–Kier alpha value is -1.35. The van der Waals surface area contributed by atoms with Gasteiger partial charge in [0.25, 0.3) is 0 Å². The summed E-state index contributed by atoms with van der Waals surface area (Å²) in [5.74, 6) is 0.670. The maximum Gasteiger partial charge on any atom is 0.326 e. The number of carbonyl (C=O) groups is 1. The first-order valence-corrected chi connectivity index (χ1v) is 7.19. The van der Waals surface area contributed by atoms with Crippen LogP contribution >= 0.6 is 0 Å². The van der Waals surface area contributed by atoms with Gasteiger partial charge in [0.15, 0.2) is 0 Å². The van der Waals surface area contributed by atoms with Crippen LogP contribution in [0.2, 0.25) is 0 Å². The van der Waals surface area contributed by atoms with E-state index in [0.29, 0.717) is 6.61 Å². The summed E-state index contributed by atoms with van der Waals surface area (Å²) < 4.78 is 5.47. The summed E-state index contributed by atoms with van der Waals surface area (Å²) in [4.78, 5) is 12.2. The van der Waals surface area contributed by atoms with Crippen molar-refractivity contribution in [3.8, 4) is 0 Å². The molecule has 0 bridgehead atoms. The molecule has 1 atom stereocenters. The lowest BCUT2D eigenvalue weighted by atomic mass is 9.76. The zero-order chi connectivity index (χ0) is 13.3. The number of carbonyl (C=O) groups excluding carboxylic acids is 1. The Morgan fingerprint density at radius 3 is 2.58 bits per heavy atom. The molecule has 0 amide bonds. The van der Waals surface area contributed by atoms with E-state index in [1.807, 2.05) is 18.2 Å². The van der Waals surface area contributed by atoms with Crippen molar-refractivity contribution in [3.63, 3.8) is 0 Å². The number of benzene rings is 1. The van der Waals surface area contributed by atoms with Crippen LogP contribution in [-0.2, 0) is 9.53 Å². The molecule has 19 heavy (non-hydrogen) atoms. The molecule has 1 aliphatic heterocycles. The number of nitrogens with one attached hydrogen (secondary N) is 1. The predicted octanol–water partition coefficient (Wildman–Crippen LogP) is 2.82. The van der Waals surface area contributed by atoms with Crippen LogP contribution in [0, 0.1) is 5.92 Å². The van der Waals surface area contributed by atoms with E-state index >= 15 is 0 Å². The summed E-state index contributed by atoms with van der Waals surface area (Å²) >= 11 is 0. The average molecular weight is 259 g/mol. The molecule has 1 heterocycles. The number of ether oxygens (including phenoxy) is 1. The number of esters is 1. The van der Waals surface area contributed by atoms with Gasteiger partial charge in [0, 0.05) is 0 Å². The van der Waals surface area contributed by atoms with Gasteiger partial charge < -0.3 is 4.74 Å². The van der Waals surface area contributed by atoms with Gasteiger partial charge in [-0.15, -0.1) is 0 Å². The third kappa shape index (κ3) is 2.39. The number of hydrogen-bond donors (Lipinski definition) is 1. The number of morpholine rings is 1. The van der Waals surface area contributed by atoms with Crippen molar-refractivity contribution in [2.24, 2.45) is 5.92 Å². The molecule has 1 aromatic carbocycles. The highest BCUT2D eigenvalue weighted by molar-refractivity contribution is 5.82. The summed E-state index contributed by atoms with van der Waals surface area (Å²) in [5, 5.41) is 3.58. The predicted molar refractivity (Wildman–Crippen MR) is 73.6 cm³/mol. The largest absolute Gasteiger partial charge is 0.462 e. The molecule has 1 aromatic rings. The van der Waals surface area contributed by atoms with Gasteiger partial charge in [-0.3, -0.25) is 10.1 Å². The van der Waals surface area contributed by atoms with Crippen LogP contribution in [0.1, 0.15) is 44.2 Å². The zero-order valence-electron chi connectivity index (χ0n) is 11.4. The Bertz CT molecular complexity index is 449. The first-order valence-electron chi connectivity index (χ1n) is 7.19. The van der Waals surface area contributed by atoms with Gasteiger partial charge in [0.2, 0.25) is 0 Å². The quantitative estimate of drug-likeness (QED) is 0.788. The van der Waals surface area contributed by atoms with Crippen molar-refractivity contribution >= 4 is 5.97 Å². The second kappa shape index (κ2) is 4.97. The van der Waals surface area contributed by atoms with E-state index in [0.717, 1.165) is 31.6 Å². The fourth-order valence-corrected chi connectivity index (χ4v) is 3.20. The van der Waals surface area contributed by atoms with Crippen LogP contribution in [0.3, 0.4) is 0 Å². The number of hydrogen-bond acceptors (Lipinski definition) is 3. The first kappa shape index (κ1) is 12.7. The second-order valence-corrected chi connectivity index (χ2v) is 5.97. The SMILES string of the molecule is CC1CCC2(CC1)N[C@@H](c1ccccc1)COC2=O. The van der Waals surface area contributed by atoms with Crippen LogP contribution in [0.25, 0.3) is 0 Å². The third-order valence-corrected chi connectivity index (χ3v) is 4.55. The average Bonchev–Trinajstić information content (AvgIpc) is 2.46. The van der Waals surface area contributed by atoms with E-state index in [2.05, 4.69) is 24.4 Å². The van der Waals surface area contributed by atoms with Gasteiger partial charge in [0.1, 0.15) is 12.1 Å². The Morgan fingerprint density at radius 1 is 1.21 bits per heavy atom. The standard InChI is InChI=1S/C16H21NO2/c1-12-7-9-16(10-8-12)15(18)19-11-14(17-16)13-5-3-2-4-6-13/h2-6,12,14,17H,7-11H2,1H3/t12?,14-,16?/m1/s1. The van der Waals surface area contributed by atoms with Gasteiger partial charge in [-0.1, -0.05) is 37.3 Å². The Morgan fingerprint density at radius 2 is 1.89 bits per heavy atom. The summed E-state index contributed by atoms with van der Waals surface area (Å²) in [6.07, 6.45) is 4.00. The normalized spacial score (nSPS) is 35.1. The molecule has 1 saturated carbocycles. The van der Waals surface area contributed by atoms with E-state index in [1.54, 1.807) is 0 Å². The van der Waals surface area contributed by atoms with Gasteiger partial charge in [-0.25, -0.2) is 0 Å². The molecule has 102 valence electrons. The van der Waals surface area contributed by atoms with Gasteiger partial charge in [-0.2, -0.15) is 0 Å². The fourth-order valence-electron chi connectivity index (χ4n) is 3.20. The first-order chi connectivity index (χ1) is 9.20. The van der Waals surface area contributed by atoms with Gasteiger partial charge in [0.05, 0.1) is 6.04 Å². The van der Waals surface area contributed by atoms with Crippen molar-refractivity contribution in [2.75, 3.05) is 6.61 Å². The maximum absolute atomic E-state index is 12.2. The Labute approximate surface area is 114 Å². The minimum absolute atomic E-state index is 0.0495.